The standard InChI is InChI=1S/C10H16O2/c11-10(12)9-6-8(9)7-4-2-1-3-5-7/h7-9H,1-6H2,(H,11,12)/t8-,9-/m0/s1. The topological polar surface area (TPSA) is 37.3 Å². The SMILES string of the molecule is O=C(O)[C@H]1C[C@H]1C1CCCCC1. The van der Waals surface area contributed by atoms with Crippen LogP contribution in [0, 0.1) is 17.8 Å². The van der Waals surface area contributed by atoms with Crippen molar-refractivity contribution in [1.29, 1.82) is 0 Å². The number of aliphatic carboxylic acids is 1. The number of carbonyl (C=O) groups is 1. The van der Waals surface area contributed by atoms with Crippen LogP contribution >= 0.6 is 0 Å². The van der Waals surface area contributed by atoms with Crippen LogP contribution in [0.1, 0.15) is 38.5 Å². The van der Waals surface area contributed by atoms with E-state index in [9.17, 15) is 4.79 Å². The highest BCUT2D eigenvalue weighted by molar-refractivity contribution is 5.73. The van der Waals surface area contributed by atoms with Gasteiger partial charge in [0.2, 0.25) is 0 Å². The molecule has 0 spiro atoms. The second-order valence-electron chi connectivity index (χ2n) is 4.24. The third kappa shape index (κ3) is 1.47. The average Bonchev–Trinajstić information content (AvgIpc) is 2.84. The molecule has 0 aromatic heterocycles. The molecular weight excluding hydrogens is 152 g/mol. The largest absolute Gasteiger partial charge is 0.481 e. The van der Waals surface area contributed by atoms with Crippen LogP contribution in [0.3, 0.4) is 0 Å². The molecule has 0 unspecified atom stereocenters. The molecule has 0 amide bonds. The maximum atomic E-state index is 10.6. The predicted molar refractivity (Wildman–Crippen MR) is 45.8 cm³/mol. The number of carboxylic acid groups (broad SMARTS) is 1. The van der Waals surface area contributed by atoms with Gasteiger partial charge in [-0.25, -0.2) is 0 Å². The summed E-state index contributed by atoms with van der Waals surface area (Å²) in [4.78, 5) is 10.6. The van der Waals surface area contributed by atoms with E-state index in [1.807, 2.05) is 0 Å². The maximum absolute atomic E-state index is 10.6. The summed E-state index contributed by atoms with van der Waals surface area (Å²) in [5.41, 5.74) is 0. The van der Waals surface area contributed by atoms with Crippen LogP contribution in [0.5, 0.6) is 0 Å². The Labute approximate surface area is 73.0 Å². The highest BCUT2D eigenvalue weighted by Crippen LogP contribution is 2.49. The van der Waals surface area contributed by atoms with Crippen LogP contribution in [0.15, 0.2) is 0 Å². The Hall–Kier alpha value is -0.530. The van der Waals surface area contributed by atoms with Crippen molar-refractivity contribution < 1.29 is 9.90 Å². The fourth-order valence-corrected chi connectivity index (χ4v) is 2.58. The Morgan fingerprint density at radius 2 is 1.83 bits per heavy atom. The van der Waals surface area contributed by atoms with Gasteiger partial charge in [-0.3, -0.25) is 4.79 Å². The summed E-state index contributed by atoms with van der Waals surface area (Å²) < 4.78 is 0. The summed E-state index contributed by atoms with van der Waals surface area (Å²) in [5, 5.41) is 8.75. The van der Waals surface area contributed by atoms with E-state index >= 15 is 0 Å². The predicted octanol–water partition coefficient (Wildman–Crippen LogP) is 2.29. The number of hydrogen-bond donors (Lipinski definition) is 1. The molecule has 2 saturated carbocycles. The first-order chi connectivity index (χ1) is 5.79. The van der Waals surface area contributed by atoms with Gasteiger partial charge < -0.3 is 5.11 Å². The Balaban J connectivity index is 1.83. The lowest BCUT2D eigenvalue weighted by atomic mass is 9.85. The van der Waals surface area contributed by atoms with Crippen LogP contribution in [0.2, 0.25) is 0 Å². The smallest absolute Gasteiger partial charge is 0.306 e. The molecule has 0 aromatic carbocycles. The zero-order chi connectivity index (χ0) is 8.55. The fraction of sp³-hybridized carbons (Fsp3) is 0.900. The second kappa shape index (κ2) is 3.08. The van der Waals surface area contributed by atoms with Crippen molar-refractivity contribution in [3.05, 3.63) is 0 Å². The highest BCUT2D eigenvalue weighted by Gasteiger charge is 2.47. The summed E-state index contributed by atoms with van der Waals surface area (Å²) in [5.74, 6) is 0.751. The van der Waals surface area contributed by atoms with Crippen LogP contribution < -0.4 is 0 Å². The van der Waals surface area contributed by atoms with Gasteiger partial charge in [-0.2, -0.15) is 0 Å². The minimum atomic E-state index is -0.564. The van der Waals surface area contributed by atoms with Crippen LogP contribution in [-0.2, 0) is 4.79 Å². The van der Waals surface area contributed by atoms with Crippen molar-refractivity contribution in [2.24, 2.45) is 17.8 Å². The van der Waals surface area contributed by atoms with Crippen LogP contribution in [0.4, 0.5) is 0 Å². The lowest BCUT2D eigenvalue weighted by Gasteiger charge is -2.21. The monoisotopic (exact) mass is 168 g/mol. The van der Waals surface area contributed by atoms with Gasteiger partial charge in [0, 0.05) is 0 Å². The molecule has 2 aliphatic carbocycles. The van der Waals surface area contributed by atoms with E-state index in [0.29, 0.717) is 5.92 Å². The summed E-state index contributed by atoms with van der Waals surface area (Å²) in [7, 11) is 0. The Kier molecular flexibility index (Phi) is 2.07. The molecule has 0 aromatic rings. The van der Waals surface area contributed by atoms with Gasteiger partial charge in [0.05, 0.1) is 5.92 Å². The van der Waals surface area contributed by atoms with Crippen molar-refractivity contribution in [3.8, 4) is 0 Å². The summed E-state index contributed by atoms with van der Waals surface area (Å²) >= 11 is 0. The summed E-state index contributed by atoms with van der Waals surface area (Å²) in [6.07, 6.45) is 7.55. The molecule has 12 heavy (non-hydrogen) atoms. The zero-order valence-corrected chi connectivity index (χ0v) is 7.33. The highest BCUT2D eigenvalue weighted by atomic mass is 16.4. The van der Waals surface area contributed by atoms with Crippen molar-refractivity contribution in [3.63, 3.8) is 0 Å². The average molecular weight is 168 g/mol. The molecule has 0 radical (unpaired) electrons. The molecule has 0 aliphatic heterocycles. The van der Waals surface area contributed by atoms with Gasteiger partial charge in [-0.05, 0) is 18.3 Å². The molecule has 2 fully saturated rings. The minimum absolute atomic E-state index is 0.0214. The molecule has 2 rings (SSSR count). The third-order valence-corrected chi connectivity index (χ3v) is 3.41. The van der Waals surface area contributed by atoms with Gasteiger partial charge in [-0.1, -0.05) is 32.1 Å². The zero-order valence-electron chi connectivity index (χ0n) is 7.33. The van der Waals surface area contributed by atoms with Crippen LogP contribution in [0.25, 0.3) is 0 Å². The normalized spacial score (nSPS) is 36.3. The van der Waals surface area contributed by atoms with Gasteiger partial charge in [0.25, 0.3) is 0 Å². The summed E-state index contributed by atoms with van der Waals surface area (Å²) in [6, 6.07) is 0. The lowest BCUT2D eigenvalue weighted by Crippen LogP contribution is -2.11. The van der Waals surface area contributed by atoms with Gasteiger partial charge >= 0.3 is 5.97 Å². The van der Waals surface area contributed by atoms with E-state index < -0.39 is 5.97 Å². The Morgan fingerprint density at radius 3 is 2.33 bits per heavy atom. The van der Waals surface area contributed by atoms with Crippen LogP contribution in [-0.4, -0.2) is 11.1 Å². The van der Waals surface area contributed by atoms with E-state index in [1.165, 1.54) is 32.1 Å². The fourth-order valence-electron chi connectivity index (χ4n) is 2.58. The van der Waals surface area contributed by atoms with E-state index in [-0.39, 0.29) is 5.92 Å². The number of hydrogen-bond acceptors (Lipinski definition) is 1. The van der Waals surface area contributed by atoms with Crippen molar-refractivity contribution in [1.82, 2.24) is 0 Å². The minimum Gasteiger partial charge on any atom is -0.481 e. The van der Waals surface area contributed by atoms with Gasteiger partial charge in [-0.15, -0.1) is 0 Å². The Bertz CT molecular complexity index is 182. The second-order valence-corrected chi connectivity index (χ2v) is 4.24. The van der Waals surface area contributed by atoms with E-state index in [1.54, 1.807) is 0 Å². The number of carboxylic acids is 1. The molecule has 0 bridgehead atoms. The molecule has 2 heteroatoms. The van der Waals surface area contributed by atoms with Crippen molar-refractivity contribution >= 4 is 5.97 Å². The molecular formula is C10H16O2. The molecule has 2 nitrogen and oxygen atoms in total. The summed E-state index contributed by atoms with van der Waals surface area (Å²) in [6.45, 7) is 0. The molecule has 0 heterocycles. The first-order valence-corrected chi connectivity index (χ1v) is 5.02. The Morgan fingerprint density at radius 1 is 1.17 bits per heavy atom. The van der Waals surface area contributed by atoms with Gasteiger partial charge in [0.1, 0.15) is 0 Å². The molecule has 68 valence electrons. The maximum Gasteiger partial charge on any atom is 0.306 e. The van der Waals surface area contributed by atoms with Gasteiger partial charge in [0.15, 0.2) is 0 Å². The first kappa shape index (κ1) is 8.09. The van der Waals surface area contributed by atoms with E-state index in [4.69, 9.17) is 5.11 Å². The molecule has 2 atom stereocenters. The quantitative estimate of drug-likeness (QED) is 0.686. The van der Waals surface area contributed by atoms with Crippen molar-refractivity contribution in [2.45, 2.75) is 38.5 Å². The molecule has 1 N–H and O–H groups in total. The first-order valence-electron chi connectivity index (χ1n) is 5.02. The van der Waals surface area contributed by atoms with Crippen molar-refractivity contribution in [2.75, 3.05) is 0 Å². The molecule has 2 aliphatic rings. The van der Waals surface area contributed by atoms with E-state index in [0.717, 1.165) is 12.3 Å². The third-order valence-electron chi connectivity index (χ3n) is 3.41. The number of rotatable bonds is 2. The van der Waals surface area contributed by atoms with E-state index in [2.05, 4.69) is 0 Å². The lowest BCUT2D eigenvalue weighted by molar-refractivity contribution is -0.139. The molecule has 0 saturated heterocycles.